The maximum Gasteiger partial charge on any atom is 0.234 e. The maximum atomic E-state index is 11.3. The molecule has 7 nitrogen and oxygen atoms in total. The molecule has 1 heterocycles. The first kappa shape index (κ1) is 12.9. The number of carbonyl (C=O) groups is 1. The van der Waals surface area contributed by atoms with Gasteiger partial charge in [0.1, 0.15) is 0 Å². The summed E-state index contributed by atoms with van der Waals surface area (Å²) >= 11 is 1.59. The van der Waals surface area contributed by atoms with Crippen LogP contribution in [0.15, 0.2) is 5.16 Å². The van der Waals surface area contributed by atoms with E-state index in [1.54, 1.807) is 11.8 Å². The summed E-state index contributed by atoms with van der Waals surface area (Å²) in [5.41, 5.74) is 5.40. The lowest BCUT2D eigenvalue weighted by Crippen LogP contribution is -2.42. The molecule has 3 rings (SSSR count). The van der Waals surface area contributed by atoms with Gasteiger partial charge in [-0.1, -0.05) is 11.8 Å². The third kappa shape index (κ3) is 3.44. The number of hydrogen-bond donors (Lipinski definition) is 2. The molecule has 1 aromatic heterocycles. The molecule has 0 aliphatic heterocycles. The minimum atomic E-state index is -0.269. The highest BCUT2D eigenvalue weighted by Crippen LogP contribution is 2.36. The number of primary amides is 1. The Bertz CT molecular complexity index is 456. The van der Waals surface area contributed by atoms with E-state index in [0.29, 0.717) is 18.5 Å². The molecule has 2 fully saturated rings. The fourth-order valence-electron chi connectivity index (χ4n) is 1.94. The average Bonchev–Trinajstić information content (AvgIpc) is 3.29. The van der Waals surface area contributed by atoms with Crippen LogP contribution in [0.1, 0.15) is 38.1 Å². The summed E-state index contributed by atoms with van der Waals surface area (Å²) in [6.45, 7) is 0. The van der Waals surface area contributed by atoms with E-state index in [4.69, 9.17) is 5.73 Å². The summed E-state index contributed by atoms with van der Waals surface area (Å²) < 4.78 is 1.89. The van der Waals surface area contributed by atoms with Gasteiger partial charge in [-0.2, -0.15) is 0 Å². The van der Waals surface area contributed by atoms with E-state index >= 15 is 0 Å². The van der Waals surface area contributed by atoms with Gasteiger partial charge in [-0.15, -0.1) is 5.10 Å². The van der Waals surface area contributed by atoms with Crippen LogP contribution in [0.5, 0.6) is 0 Å². The second kappa shape index (κ2) is 5.46. The molecule has 8 heteroatoms. The first-order chi connectivity index (χ1) is 9.24. The predicted molar refractivity (Wildman–Crippen MR) is 70.6 cm³/mol. The van der Waals surface area contributed by atoms with Crippen molar-refractivity contribution < 1.29 is 4.79 Å². The molecule has 3 N–H and O–H groups in total. The van der Waals surface area contributed by atoms with E-state index in [2.05, 4.69) is 20.8 Å². The SMILES string of the molecule is NC(=O)C(CCSc1nnnn1C1CC1)NC1CC1. The minimum Gasteiger partial charge on any atom is -0.368 e. The number of amides is 1. The average molecular weight is 282 g/mol. The van der Waals surface area contributed by atoms with Crippen molar-refractivity contribution in [2.75, 3.05) is 5.75 Å². The summed E-state index contributed by atoms with van der Waals surface area (Å²) in [6, 6.07) is 0.735. The molecular formula is C11H18N6OS. The maximum absolute atomic E-state index is 11.3. The Balaban J connectivity index is 1.47. The highest BCUT2D eigenvalue weighted by Gasteiger charge is 2.29. The smallest absolute Gasteiger partial charge is 0.234 e. The number of nitrogens with one attached hydrogen (secondary N) is 1. The molecule has 2 saturated carbocycles. The van der Waals surface area contributed by atoms with E-state index < -0.39 is 0 Å². The molecule has 1 unspecified atom stereocenters. The van der Waals surface area contributed by atoms with Crippen molar-refractivity contribution in [3.05, 3.63) is 0 Å². The third-order valence-corrected chi connectivity index (χ3v) is 4.32. The monoisotopic (exact) mass is 282 g/mol. The van der Waals surface area contributed by atoms with Crippen LogP contribution in [-0.2, 0) is 4.79 Å². The molecule has 19 heavy (non-hydrogen) atoms. The quantitative estimate of drug-likeness (QED) is 0.656. The molecule has 0 radical (unpaired) electrons. The largest absolute Gasteiger partial charge is 0.368 e. The van der Waals surface area contributed by atoms with E-state index in [1.807, 2.05) is 4.68 Å². The highest BCUT2D eigenvalue weighted by atomic mass is 32.2. The number of tetrazole rings is 1. The molecule has 0 saturated heterocycles. The lowest BCUT2D eigenvalue weighted by atomic mass is 10.2. The molecule has 2 aliphatic rings. The summed E-state index contributed by atoms with van der Waals surface area (Å²) in [5, 5.41) is 15.8. The highest BCUT2D eigenvalue weighted by molar-refractivity contribution is 7.99. The molecule has 2 aliphatic carbocycles. The van der Waals surface area contributed by atoms with Crippen molar-refractivity contribution in [3.8, 4) is 0 Å². The van der Waals surface area contributed by atoms with Crippen LogP contribution in [-0.4, -0.2) is 44.0 Å². The Morgan fingerprint density at radius 3 is 2.89 bits per heavy atom. The Morgan fingerprint density at radius 2 is 2.26 bits per heavy atom. The summed E-state index contributed by atoms with van der Waals surface area (Å²) in [4.78, 5) is 11.3. The third-order valence-electron chi connectivity index (χ3n) is 3.35. The normalized spacial score (nSPS) is 20.4. The van der Waals surface area contributed by atoms with Gasteiger partial charge in [0.15, 0.2) is 0 Å². The van der Waals surface area contributed by atoms with Gasteiger partial charge in [0.05, 0.1) is 12.1 Å². The van der Waals surface area contributed by atoms with Crippen LogP contribution >= 0.6 is 11.8 Å². The summed E-state index contributed by atoms with van der Waals surface area (Å²) in [6.07, 6.45) is 5.33. The fraction of sp³-hybridized carbons (Fsp3) is 0.818. The van der Waals surface area contributed by atoms with Gasteiger partial charge < -0.3 is 11.1 Å². The number of carbonyl (C=O) groups excluding carboxylic acids is 1. The number of hydrogen-bond acceptors (Lipinski definition) is 6. The van der Waals surface area contributed by atoms with Gasteiger partial charge in [-0.3, -0.25) is 4.79 Å². The molecule has 0 spiro atoms. The van der Waals surface area contributed by atoms with Crippen LogP contribution in [0, 0.1) is 0 Å². The van der Waals surface area contributed by atoms with Gasteiger partial charge in [0.25, 0.3) is 0 Å². The Hall–Kier alpha value is -1.15. The van der Waals surface area contributed by atoms with Crippen LogP contribution in [0.25, 0.3) is 0 Å². The van der Waals surface area contributed by atoms with Crippen LogP contribution in [0.3, 0.4) is 0 Å². The molecular weight excluding hydrogens is 264 g/mol. The molecule has 104 valence electrons. The minimum absolute atomic E-state index is 0.231. The lowest BCUT2D eigenvalue weighted by Gasteiger charge is -2.14. The van der Waals surface area contributed by atoms with E-state index in [0.717, 1.165) is 36.6 Å². The molecule has 1 atom stereocenters. The van der Waals surface area contributed by atoms with Crippen LogP contribution in [0.4, 0.5) is 0 Å². The second-order valence-electron chi connectivity index (χ2n) is 5.17. The number of rotatable bonds is 8. The summed E-state index contributed by atoms with van der Waals surface area (Å²) in [5.74, 6) is 0.523. The lowest BCUT2D eigenvalue weighted by molar-refractivity contribution is -0.120. The van der Waals surface area contributed by atoms with E-state index in [1.165, 1.54) is 0 Å². The fourth-order valence-corrected chi connectivity index (χ4v) is 2.89. The molecule has 0 bridgehead atoms. The zero-order valence-corrected chi connectivity index (χ0v) is 11.5. The van der Waals surface area contributed by atoms with Crippen molar-refractivity contribution in [1.82, 2.24) is 25.5 Å². The first-order valence-corrected chi connectivity index (χ1v) is 7.68. The van der Waals surface area contributed by atoms with Crippen molar-refractivity contribution in [1.29, 1.82) is 0 Å². The van der Waals surface area contributed by atoms with Gasteiger partial charge in [0, 0.05) is 11.8 Å². The van der Waals surface area contributed by atoms with E-state index in [-0.39, 0.29) is 11.9 Å². The number of thioether (sulfide) groups is 1. The standard InChI is InChI=1S/C11H18N6OS/c12-10(18)9(13-7-1-2-7)5-6-19-11-14-15-16-17(11)8-3-4-8/h7-9,13H,1-6H2,(H2,12,18). The molecule has 1 amide bonds. The number of nitrogens with zero attached hydrogens (tertiary/aromatic N) is 4. The molecule has 1 aromatic rings. The van der Waals surface area contributed by atoms with Crippen LogP contribution < -0.4 is 11.1 Å². The zero-order valence-electron chi connectivity index (χ0n) is 10.7. The van der Waals surface area contributed by atoms with Gasteiger partial charge in [-0.25, -0.2) is 4.68 Å². The Morgan fingerprint density at radius 1 is 1.47 bits per heavy atom. The molecule has 0 aromatic carbocycles. The predicted octanol–water partition coefficient (Wildman–Crippen LogP) is 0.0961. The van der Waals surface area contributed by atoms with Gasteiger partial charge in [-0.05, 0) is 42.5 Å². The van der Waals surface area contributed by atoms with Crippen molar-refractivity contribution in [2.45, 2.75) is 55.4 Å². The van der Waals surface area contributed by atoms with Crippen molar-refractivity contribution in [3.63, 3.8) is 0 Å². The van der Waals surface area contributed by atoms with Crippen molar-refractivity contribution >= 4 is 17.7 Å². The van der Waals surface area contributed by atoms with Gasteiger partial charge >= 0.3 is 0 Å². The number of aromatic nitrogens is 4. The van der Waals surface area contributed by atoms with Gasteiger partial charge in [0.2, 0.25) is 11.1 Å². The topological polar surface area (TPSA) is 98.7 Å². The van der Waals surface area contributed by atoms with Crippen molar-refractivity contribution in [2.24, 2.45) is 5.73 Å². The Labute approximate surface area is 115 Å². The van der Waals surface area contributed by atoms with Crippen LogP contribution in [0.2, 0.25) is 0 Å². The Kier molecular flexibility index (Phi) is 3.69. The second-order valence-corrected chi connectivity index (χ2v) is 6.23. The number of nitrogens with two attached hydrogens (primary N) is 1. The first-order valence-electron chi connectivity index (χ1n) is 6.70. The zero-order chi connectivity index (χ0) is 13.2. The van der Waals surface area contributed by atoms with E-state index in [9.17, 15) is 4.79 Å². The summed E-state index contributed by atoms with van der Waals surface area (Å²) in [7, 11) is 0.